The molecule has 0 aliphatic rings. The standard InChI is InChI=1S/C8H6Cl4.C2H6/c1-3-5(9)7(11)4(2)8(12)6(3)10;1-2/h1-2H3;1-2H3. The Balaban J connectivity index is 0.000000791. The molecule has 1 rings (SSSR count). The first-order chi connectivity index (χ1) is 6.46. The first kappa shape index (κ1) is 14.4. The van der Waals surface area contributed by atoms with Gasteiger partial charge in [-0.2, -0.15) is 0 Å². The Hall–Kier alpha value is 0.380. The second kappa shape index (κ2) is 6.07. The molecule has 0 spiro atoms. The maximum atomic E-state index is 5.89. The first-order valence-corrected chi connectivity index (χ1v) is 5.77. The van der Waals surface area contributed by atoms with Crippen LogP contribution in [0.25, 0.3) is 0 Å². The molecule has 0 heterocycles. The van der Waals surface area contributed by atoms with Crippen molar-refractivity contribution in [1.82, 2.24) is 0 Å². The Morgan fingerprint density at radius 1 is 0.571 bits per heavy atom. The molecule has 0 fully saturated rings. The van der Waals surface area contributed by atoms with Crippen LogP contribution in [0.3, 0.4) is 0 Å². The zero-order chi connectivity index (χ0) is 11.5. The van der Waals surface area contributed by atoms with Crippen molar-refractivity contribution in [2.45, 2.75) is 27.7 Å². The Kier molecular flexibility index (Phi) is 6.24. The van der Waals surface area contributed by atoms with E-state index in [9.17, 15) is 0 Å². The van der Waals surface area contributed by atoms with Crippen molar-refractivity contribution in [3.8, 4) is 0 Å². The van der Waals surface area contributed by atoms with Crippen molar-refractivity contribution in [3.63, 3.8) is 0 Å². The Bertz CT molecular complexity index is 226. The van der Waals surface area contributed by atoms with Gasteiger partial charge in [-0.3, -0.25) is 0 Å². The summed E-state index contributed by atoms with van der Waals surface area (Å²) in [6.45, 7) is 7.56. The topological polar surface area (TPSA) is 0 Å². The van der Waals surface area contributed by atoms with Gasteiger partial charge in [0, 0.05) is 0 Å². The Morgan fingerprint density at radius 3 is 0.857 bits per heavy atom. The number of hydrogen-bond acceptors (Lipinski definition) is 0. The van der Waals surface area contributed by atoms with Gasteiger partial charge in [0.1, 0.15) is 0 Å². The van der Waals surface area contributed by atoms with Crippen LogP contribution in [0.2, 0.25) is 20.1 Å². The van der Waals surface area contributed by atoms with Gasteiger partial charge < -0.3 is 0 Å². The average Bonchev–Trinajstić information content (AvgIpc) is 2.24. The lowest BCUT2D eigenvalue weighted by Crippen LogP contribution is -1.86. The molecule has 0 nitrogen and oxygen atoms in total. The van der Waals surface area contributed by atoms with Gasteiger partial charge in [-0.05, 0) is 25.0 Å². The zero-order valence-electron chi connectivity index (χ0n) is 8.51. The number of rotatable bonds is 0. The van der Waals surface area contributed by atoms with Crippen molar-refractivity contribution >= 4 is 46.4 Å². The second-order valence-corrected chi connectivity index (χ2v) is 4.02. The summed E-state index contributed by atoms with van der Waals surface area (Å²) in [6, 6.07) is 0. The number of hydrogen-bond donors (Lipinski definition) is 0. The highest BCUT2D eigenvalue weighted by Gasteiger charge is 2.14. The normalized spacial score (nSPS) is 9.43. The molecule has 80 valence electrons. The molecule has 0 aliphatic carbocycles. The molecule has 0 radical (unpaired) electrons. The van der Waals surface area contributed by atoms with Crippen LogP contribution in [0, 0.1) is 13.8 Å². The summed E-state index contributed by atoms with van der Waals surface area (Å²) >= 11 is 23.5. The zero-order valence-corrected chi connectivity index (χ0v) is 11.5. The summed E-state index contributed by atoms with van der Waals surface area (Å²) in [5, 5.41) is 1.90. The quantitative estimate of drug-likeness (QED) is 0.513. The van der Waals surface area contributed by atoms with Crippen LogP contribution in [0.5, 0.6) is 0 Å². The molecule has 14 heavy (non-hydrogen) atoms. The van der Waals surface area contributed by atoms with Gasteiger partial charge in [-0.15, -0.1) is 0 Å². The van der Waals surface area contributed by atoms with E-state index in [-0.39, 0.29) is 0 Å². The predicted octanol–water partition coefficient (Wildman–Crippen LogP) is 5.94. The predicted molar refractivity (Wildman–Crippen MR) is 67.3 cm³/mol. The summed E-state index contributed by atoms with van der Waals surface area (Å²) in [5.74, 6) is 0. The minimum absolute atomic E-state index is 0.476. The third-order valence-electron chi connectivity index (χ3n) is 1.70. The summed E-state index contributed by atoms with van der Waals surface area (Å²) in [6.07, 6.45) is 0. The largest absolute Gasteiger partial charge is 0.0824 e. The van der Waals surface area contributed by atoms with Crippen LogP contribution < -0.4 is 0 Å². The van der Waals surface area contributed by atoms with E-state index >= 15 is 0 Å². The smallest absolute Gasteiger partial charge is 0.0640 e. The van der Waals surface area contributed by atoms with Crippen LogP contribution in [0.4, 0.5) is 0 Å². The lowest BCUT2D eigenvalue weighted by atomic mass is 10.2. The Labute approximate surface area is 105 Å². The molecule has 0 bridgehead atoms. The van der Waals surface area contributed by atoms with E-state index in [1.54, 1.807) is 13.8 Å². The van der Waals surface area contributed by atoms with E-state index in [4.69, 9.17) is 46.4 Å². The third-order valence-corrected chi connectivity index (χ3v) is 3.79. The van der Waals surface area contributed by atoms with Crippen molar-refractivity contribution in [1.29, 1.82) is 0 Å². The fourth-order valence-electron chi connectivity index (χ4n) is 0.851. The number of halogens is 4. The summed E-state index contributed by atoms with van der Waals surface area (Å²) in [5.41, 5.74) is 1.44. The van der Waals surface area contributed by atoms with Crippen molar-refractivity contribution in [2.24, 2.45) is 0 Å². The molecule has 1 aromatic rings. The average molecular weight is 274 g/mol. The van der Waals surface area contributed by atoms with Crippen LogP contribution >= 0.6 is 46.4 Å². The van der Waals surface area contributed by atoms with Gasteiger partial charge in [-0.25, -0.2) is 0 Å². The van der Waals surface area contributed by atoms with Gasteiger partial charge in [0.05, 0.1) is 20.1 Å². The van der Waals surface area contributed by atoms with Crippen LogP contribution in [-0.2, 0) is 0 Å². The second-order valence-electron chi connectivity index (χ2n) is 2.51. The SMILES string of the molecule is CC.Cc1c(Cl)c(Cl)c(C)c(Cl)c1Cl. The maximum Gasteiger partial charge on any atom is 0.0640 e. The molecule has 0 amide bonds. The van der Waals surface area contributed by atoms with E-state index in [1.807, 2.05) is 13.8 Å². The molecule has 0 saturated carbocycles. The minimum Gasteiger partial charge on any atom is -0.0824 e. The molecule has 0 N–H and O–H groups in total. The highest BCUT2D eigenvalue weighted by Crippen LogP contribution is 2.39. The molecule has 1 aromatic carbocycles. The Morgan fingerprint density at radius 2 is 0.714 bits per heavy atom. The molecule has 4 heteroatoms. The van der Waals surface area contributed by atoms with E-state index < -0.39 is 0 Å². The van der Waals surface area contributed by atoms with E-state index in [0.717, 1.165) is 11.1 Å². The van der Waals surface area contributed by atoms with Gasteiger partial charge in [-0.1, -0.05) is 60.3 Å². The summed E-state index contributed by atoms with van der Waals surface area (Å²) in [4.78, 5) is 0. The summed E-state index contributed by atoms with van der Waals surface area (Å²) < 4.78 is 0. The first-order valence-electron chi connectivity index (χ1n) is 4.26. The lowest BCUT2D eigenvalue weighted by molar-refractivity contribution is 1.40. The van der Waals surface area contributed by atoms with Crippen LogP contribution in [0.15, 0.2) is 0 Å². The van der Waals surface area contributed by atoms with Crippen LogP contribution in [-0.4, -0.2) is 0 Å². The molecular formula is C10H12Cl4. The molecule has 0 aromatic heterocycles. The molecule has 0 atom stereocenters. The van der Waals surface area contributed by atoms with E-state index in [0.29, 0.717) is 20.1 Å². The monoisotopic (exact) mass is 272 g/mol. The highest BCUT2D eigenvalue weighted by atomic mass is 35.5. The van der Waals surface area contributed by atoms with Gasteiger partial charge in [0.15, 0.2) is 0 Å². The molecule has 0 saturated heterocycles. The van der Waals surface area contributed by atoms with E-state index in [1.165, 1.54) is 0 Å². The molecule has 0 unspecified atom stereocenters. The summed E-state index contributed by atoms with van der Waals surface area (Å²) in [7, 11) is 0. The van der Waals surface area contributed by atoms with Gasteiger partial charge in [0.25, 0.3) is 0 Å². The highest BCUT2D eigenvalue weighted by molar-refractivity contribution is 6.48. The van der Waals surface area contributed by atoms with E-state index in [2.05, 4.69) is 0 Å². The van der Waals surface area contributed by atoms with Crippen molar-refractivity contribution < 1.29 is 0 Å². The van der Waals surface area contributed by atoms with Gasteiger partial charge in [0.2, 0.25) is 0 Å². The maximum absolute atomic E-state index is 5.89. The molecular weight excluding hydrogens is 262 g/mol. The molecule has 0 aliphatic heterocycles. The third kappa shape index (κ3) is 2.70. The fourth-order valence-corrected chi connectivity index (χ4v) is 1.89. The lowest BCUT2D eigenvalue weighted by Gasteiger charge is -2.09. The fraction of sp³-hybridized carbons (Fsp3) is 0.400. The number of benzene rings is 1. The minimum atomic E-state index is 0.476. The van der Waals surface area contributed by atoms with Crippen molar-refractivity contribution in [3.05, 3.63) is 31.2 Å². The van der Waals surface area contributed by atoms with Crippen molar-refractivity contribution in [2.75, 3.05) is 0 Å². The van der Waals surface area contributed by atoms with Crippen LogP contribution in [0.1, 0.15) is 25.0 Å². The van der Waals surface area contributed by atoms with Gasteiger partial charge >= 0.3 is 0 Å².